The molecule has 0 aromatic carbocycles. The number of rotatable bonds is 3. The molecule has 1 unspecified atom stereocenters. The van der Waals surface area contributed by atoms with Gasteiger partial charge in [0.05, 0.1) is 12.2 Å². The van der Waals surface area contributed by atoms with Crippen LogP contribution in [-0.2, 0) is 4.74 Å². The van der Waals surface area contributed by atoms with Crippen molar-refractivity contribution in [2.75, 3.05) is 31.7 Å². The van der Waals surface area contributed by atoms with Crippen molar-refractivity contribution >= 4 is 5.82 Å². The average Bonchev–Trinajstić information content (AvgIpc) is 2.39. The highest BCUT2D eigenvalue weighted by molar-refractivity contribution is 5.57. The molecule has 2 heterocycles. The second-order valence-electron chi connectivity index (χ2n) is 4.85. The average molecular weight is 245 g/mol. The van der Waals surface area contributed by atoms with E-state index in [1.54, 1.807) is 13.3 Å². The van der Waals surface area contributed by atoms with Crippen molar-refractivity contribution in [3.63, 3.8) is 0 Å². The summed E-state index contributed by atoms with van der Waals surface area (Å²) < 4.78 is 5.23. The minimum Gasteiger partial charge on any atom is -0.384 e. The third kappa shape index (κ3) is 2.62. The Morgan fingerprint density at radius 3 is 3.17 bits per heavy atom. The van der Waals surface area contributed by atoms with Gasteiger partial charge < -0.3 is 9.64 Å². The van der Waals surface area contributed by atoms with Crippen molar-refractivity contribution in [3.05, 3.63) is 23.4 Å². The smallest absolute Gasteiger partial charge is 0.146 e. The third-order valence-corrected chi connectivity index (χ3v) is 3.47. The summed E-state index contributed by atoms with van der Waals surface area (Å²) in [5.41, 5.74) is 1.70. The third-order valence-electron chi connectivity index (χ3n) is 3.47. The number of nitrogens with zero attached hydrogens (tertiary/aromatic N) is 3. The number of hydrogen-bond acceptors (Lipinski definition) is 4. The summed E-state index contributed by atoms with van der Waals surface area (Å²) >= 11 is 0. The largest absolute Gasteiger partial charge is 0.384 e. The minimum atomic E-state index is 0.539. The van der Waals surface area contributed by atoms with Crippen LogP contribution in [0, 0.1) is 24.2 Å². The molecule has 1 aromatic heterocycles. The first-order chi connectivity index (χ1) is 8.76. The lowest BCUT2D eigenvalue weighted by Crippen LogP contribution is -2.38. The van der Waals surface area contributed by atoms with E-state index in [0.717, 1.165) is 37.5 Å². The standard InChI is InChI=1S/C14H19N3O/c1-11-5-6-16-14(13(11)8-15)17-7-3-4-12(9-17)10-18-2/h5-6,12H,3-4,7,9-10H2,1-2H3. The van der Waals surface area contributed by atoms with E-state index in [1.165, 1.54) is 6.42 Å². The molecule has 2 rings (SSSR count). The SMILES string of the molecule is COCC1CCCN(c2nccc(C)c2C#N)C1. The van der Waals surface area contributed by atoms with Gasteiger partial charge in [0.15, 0.2) is 0 Å². The molecule has 0 N–H and O–H groups in total. The molecule has 0 spiro atoms. The van der Waals surface area contributed by atoms with Crippen LogP contribution in [0.25, 0.3) is 0 Å². The highest BCUT2D eigenvalue weighted by atomic mass is 16.5. The fraction of sp³-hybridized carbons (Fsp3) is 0.571. The predicted octanol–water partition coefficient (Wildman–Crippen LogP) is 2.12. The highest BCUT2D eigenvalue weighted by Crippen LogP contribution is 2.25. The topological polar surface area (TPSA) is 49.1 Å². The summed E-state index contributed by atoms with van der Waals surface area (Å²) in [6.07, 6.45) is 4.11. The maximum atomic E-state index is 9.26. The number of ether oxygens (including phenoxy) is 1. The Balaban J connectivity index is 2.21. The van der Waals surface area contributed by atoms with Crippen LogP contribution in [-0.4, -0.2) is 31.8 Å². The summed E-state index contributed by atoms with van der Waals surface area (Å²) in [6, 6.07) is 4.16. The Kier molecular flexibility index (Phi) is 4.16. The van der Waals surface area contributed by atoms with E-state index in [0.29, 0.717) is 11.5 Å². The van der Waals surface area contributed by atoms with Gasteiger partial charge in [0, 0.05) is 26.4 Å². The van der Waals surface area contributed by atoms with Crippen LogP contribution < -0.4 is 4.90 Å². The first kappa shape index (κ1) is 12.8. The molecule has 0 aliphatic carbocycles. The lowest BCUT2D eigenvalue weighted by molar-refractivity contribution is 0.143. The molecule has 18 heavy (non-hydrogen) atoms. The van der Waals surface area contributed by atoms with Crippen molar-refractivity contribution in [1.82, 2.24) is 4.98 Å². The Bertz CT molecular complexity index is 451. The number of pyridine rings is 1. The predicted molar refractivity (Wildman–Crippen MR) is 70.5 cm³/mol. The Hall–Kier alpha value is -1.60. The minimum absolute atomic E-state index is 0.539. The van der Waals surface area contributed by atoms with Gasteiger partial charge in [-0.3, -0.25) is 0 Å². The zero-order chi connectivity index (χ0) is 13.0. The quantitative estimate of drug-likeness (QED) is 0.818. The van der Waals surface area contributed by atoms with Crippen LogP contribution in [0.4, 0.5) is 5.82 Å². The van der Waals surface area contributed by atoms with E-state index in [4.69, 9.17) is 4.74 Å². The van der Waals surface area contributed by atoms with E-state index < -0.39 is 0 Å². The lowest BCUT2D eigenvalue weighted by atomic mass is 9.98. The van der Waals surface area contributed by atoms with E-state index in [-0.39, 0.29) is 0 Å². The van der Waals surface area contributed by atoms with E-state index in [9.17, 15) is 5.26 Å². The number of methoxy groups -OCH3 is 1. The number of anilines is 1. The molecule has 0 amide bonds. The molecule has 0 saturated carbocycles. The summed E-state index contributed by atoms with van der Waals surface area (Å²) in [6.45, 7) is 4.65. The van der Waals surface area contributed by atoms with E-state index in [1.807, 2.05) is 13.0 Å². The fourth-order valence-electron chi connectivity index (χ4n) is 2.55. The van der Waals surface area contributed by atoms with Crippen molar-refractivity contribution in [2.45, 2.75) is 19.8 Å². The maximum absolute atomic E-state index is 9.26. The number of hydrogen-bond donors (Lipinski definition) is 0. The van der Waals surface area contributed by atoms with E-state index in [2.05, 4.69) is 16.0 Å². The van der Waals surface area contributed by atoms with Crippen molar-refractivity contribution < 1.29 is 4.74 Å². The Morgan fingerprint density at radius 2 is 2.44 bits per heavy atom. The highest BCUT2D eigenvalue weighted by Gasteiger charge is 2.23. The Morgan fingerprint density at radius 1 is 1.61 bits per heavy atom. The summed E-state index contributed by atoms with van der Waals surface area (Å²) in [5.74, 6) is 1.37. The van der Waals surface area contributed by atoms with Gasteiger partial charge in [-0.1, -0.05) is 0 Å². The van der Waals surface area contributed by atoms with Crippen molar-refractivity contribution in [1.29, 1.82) is 5.26 Å². The first-order valence-corrected chi connectivity index (χ1v) is 6.36. The maximum Gasteiger partial charge on any atom is 0.146 e. The number of aryl methyl sites for hydroxylation is 1. The van der Waals surface area contributed by atoms with Gasteiger partial charge in [-0.25, -0.2) is 4.98 Å². The first-order valence-electron chi connectivity index (χ1n) is 6.36. The van der Waals surface area contributed by atoms with Crippen LogP contribution in [0.3, 0.4) is 0 Å². The molecule has 1 aromatic rings. The number of nitriles is 1. The zero-order valence-corrected chi connectivity index (χ0v) is 11.0. The molecular formula is C14H19N3O. The molecule has 96 valence electrons. The summed E-state index contributed by atoms with van der Waals surface area (Å²) in [7, 11) is 1.74. The lowest BCUT2D eigenvalue weighted by Gasteiger charge is -2.33. The van der Waals surface area contributed by atoms with Gasteiger partial charge in [0.25, 0.3) is 0 Å². The van der Waals surface area contributed by atoms with Crippen LogP contribution in [0.15, 0.2) is 12.3 Å². The molecule has 0 radical (unpaired) electrons. The Labute approximate surface area is 108 Å². The monoisotopic (exact) mass is 245 g/mol. The van der Waals surface area contributed by atoms with Gasteiger partial charge in [0.1, 0.15) is 11.9 Å². The molecule has 1 aliphatic heterocycles. The molecule has 4 heteroatoms. The molecule has 1 fully saturated rings. The normalized spacial score (nSPS) is 19.6. The fourth-order valence-corrected chi connectivity index (χ4v) is 2.55. The van der Waals surface area contributed by atoms with Crippen LogP contribution in [0.5, 0.6) is 0 Å². The second-order valence-corrected chi connectivity index (χ2v) is 4.85. The zero-order valence-electron chi connectivity index (χ0n) is 11.0. The second kappa shape index (κ2) is 5.83. The van der Waals surface area contributed by atoms with Crippen LogP contribution >= 0.6 is 0 Å². The number of aromatic nitrogens is 1. The van der Waals surface area contributed by atoms with Gasteiger partial charge in [0.2, 0.25) is 0 Å². The number of piperidine rings is 1. The van der Waals surface area contributed by atoms with Crippen molar-refractivity contribution in [2.24, 2.45) is 5.92 Å². The van der Waals surface area contributed by atoms with Gasteiger partial charge >= 0.3 is 0 Å². The molecule has 1 aliphatic rings. The summed E-state index contributed by atoms with van der Waals surface area (Å²) in [4.78, 5) is 6.61. The summed E-state index contributed by atoms with van der Waals surface area (Å²) in [5, 5.41) is 9.26. The molecule has 4 nitrogen and oxygen atoms in total. The van der Waals surface area contributed by atoms with Crippen molar-refractivity contribution in [3.8, 4) is 6.07 Å². The van der Waals surface area contributed by atoms with E-state index >= 15 is 0 Å². The molecule has 1 saturated heterocycles. The van der Waals surface area contributed by atoms with Gasteiger partial charge in [-0.2, -0.15) is 5.26 Å². The molecule has 1 atom stereocenters. The van der Waals surface area contributed by atoms with Gasteiger partial charge in [-0.05, 0) is 37.3 Å². The molecular weight excluding hydrogens is 226 g/mol. The molecule has 0 bridgehead atoms. The van der Waals surface area contributed by atoms with Crippen LogP contribution in [0.1, 0.15) is 24.0 Å². The van der Waals surface area contributed by atoms with Crippen LogP contribution in [0.2, 0.25) is 0 Å². The van der Waals surface area contributed by atoms with Gasteiger partial charge in [-0.15, -0.1) is 0 Å².